The van der Waals surface area contributed by atoms with Crippen LogP contribution in [0.1, 0.15) is 5.56 Å². The van der Waals surface area contributed by atoms with Crippen molar-refractivity contribution >= 4 is 59.4 Å². The molecule has 0 fully saturated rings. The van der Waals surface area contributed by atoms with E-state index < -0.39 is 49.7 Å². The van der Waals surface area contributed by atoms with E-state index in [-0.39, 0.29) is 45.9 Å². The van der Waals surface area contributed by atoms with Crippen LogP contribution in [-0.2, 0) is 20.1 Å². The SMILES string of the molecule is COc1cc(/N=N/c2ccc(S(=O)(=O)N(CCO)CCO)cc2)c(C)cc1/N=N/c1c(S(=O)(=O)O)cc2cccc(N)c2c1O. The summed E-state index contributed by atoms with van der Waals surface area (Å²) in [4.78, 5) is -0.718. The van der Waals surface area contributed by atoms with E-state index in [1.54, 1.807) is 13.0 Å². The minimum Gasteiger partial charge on any atom is -0.505 e. The number of phenolic OH excluding ortho intramolecular Hbond substituents is 1. The van der Waals surface area contributed by atoms with Gasteiger partial charge in [0.05, 0.1) is 36.6 Å². The molecular weight excluding hydrogens is 628 g/mol. The number of azo groups is 2. The quantitative estimate of drug-likeness (QED) is 0.0811. The number of anilines is 1. The number of phenols is 1. The second-order valence-corrected chi connectivity index (χ2v) is 12.9. The summed E-state index contributed by atoms with van der Waals surface area (Å²) >= 11 is 0. The summed E-state index contributed by atoms with van der Waals surface area (Å²) in [6.07, 6.45) is 0. The Morgan fingerprint density at radius 1 is 0.867 bits per heavy atom. The molecule has 0 radical (unpaired) electrons. The second kappa shape index (κ2) is 13.6. The molecule has 0 bridgehead atoms. The Bertz CT molecular complexity index is 1990. The number of methoxy groups -OCH3 is 1. The van der Waals surface area contributed by atoms with Crippen LogP contribution < -0.4 is 10.5 Å². The van der Waals surface area contributed by atoms with Gasteiger partial charge in [-0.3, -0.25) is 4.55 Å². The van der Waals surface area contributed by atoms with Crippen LogP contribution in [0, 0.1) is 6.92 Å². The Kier molecular flexibility index (Phi) is 10.1. The molecule has 15 nitrogen and oxygen atoms in total. The van der Waals surface area contributed by atoms with Gasteiger partial charge in [-0.15, -0.1) is 10.2 Å². The lowest BCUT2D eigenvalue weighted by Crippen LogP contribution is -2.35. The zero-order chi connectivity index (χ0) is 32.9. The van der Waals surface area contributed by atoms with Crippen molar-refractivity contribution in [3.63, 3.8) is 0 Å². The number of ether oxygens (including phenoxy) is 1. The summed E-state index contributed by atoms with van der Waals surface area (Å²) in [7, 11) is -7.41. The zero-order valence-electron chi connectivity index (χ0n) is 24.1. The monoisotopic (exact) mass is 658 g/mol. The number of sulfonamides is 1. The van der Waals surface area contributed by atoms with Crippen LogP contribution >= 0.6 is 0 Å². The number of nitrogen functional groups attached to an aromatic ring is 1. The Morgan fingerprint density at radius 2 is 1.51 bits per heavy atom. The fourth-order valence-corrected chi connectivity index (χ4v) is 6.44. The third-order valence-corrected chi connectivity index (χ3v) is 9.37. The van der Waals surface area contributed by atoms with Gasteiger partial charge in [0.1, 0.15) is 22.0 Å². The molecule has 4 rings (SSSR count). The first-order chi connectivity index (χ1) is 21.3. The maximum atomic E-state index is 12.8. The standard InChI is InChI=1S/C28H30N6O9S2/c1-17-14-23(32-33-27-25(45(40,41)42)15-18-4-3-5-21(29)26(18)28(27)37)24(43-2)16-22(17)31-30-19-6-8-20(9-7-19)44(38,39)34(10-12-35)11-13-36/h3-9,14-16,35-37H,10-13,29H2,1-2H3,(H,40,41,42)/b31-30+,33-32+. The Labute approximate surface area is 258 Å². The largest absolute Gasteiger partial charge is 0.505 e. The van der Waals surface area contributed by atoms with Crippen LogP contribution in [0.25, 0.3) is 10.8 Å². The van der Waals surface area contributed by atoms with Crippen molar-refractivity contribution in [2.45, 2.75) is 16.7 Å². The molecule has 0 heterocycles. The van der Waals surface area contributed by atoms with Crippen molar-refractivity contribution in [3.05, 3.63) is 66.2 Å². The van der Waals surface area contributed by atoms with Crippen molar-refractivity contribution in [1.29, 1.82) is 0 Å². The van der Waals surface area contributed by atoms with Gasteiger partial charge in [0, 0.05) is 30.2 Å². The number of nitrogens with two attached hydrogens (primary N) is 1. The van der Waals surface area contributed by atoms with E-state index in [4.69, 9.17) is 20.7 Å². The van der Waals surface area contributed by atoms with E-state index in [0.29, 0.717) is 16.9 Å². The number of aromatic hydroxyl groups is 1. The molecule has 6 N–H and O–H groups in total. The lowest BCUT2D eigenvalue weighted by molar-refractivity contribution is 0.217. The van der Waals surface area contributed by atoms with Gasteiger partial charge >= 0.3 is 0 Å². The molecule has 0 aromatic heterocycles. The maximum Gasteiger partial charge on any atom is 0.296 e. The minimum absolute atomic E-state index is 0.0480. The summed E-state index contributed by atoms with van der Waals surface area (Å²) in [5, 5.41) is 46.0. The van der Waals surface area contributed by atoms with E-state index >= 15 is 0 Å². The van der Waals surface area contributed by atoms with Gasteiger partial charge in [0.15, 0.2) is 5.75 Å². The van der Waals surface area contributed by atoms with Crippen LogP contribution in [0.2, 0.25) is 0 Å². The van der Waals surface area contributed by atoms with Gasteiger partial charge < -0.3 is 25.8 Å². The van der Waals surface area contributed by atoms with Crippen LogP contribution in [0.3, 0.4) is 0 Å². The third-order valence-electron chi connectivity index (χ3n) is 6.59. The third kappa shape index (κ3) is 7.25. The highest BCUT2D eigenvalue weighted by molar-refractivity contribution is 7.89. The predicted octanol–water partition coefficient (Wildman–Crippen LogP) is 4.50. The molecule has 45 heavy (non-hydrogen) atoms. The van der Waals surface area contributed by atoms with Crippen LogP contribution in [0.5, 0.6) is 11.5 Å². The van der Waals surface area contributed by atoms with Crippen molar-refractivity contribution < 1.29 is 41.4 Å². The molecule has 17 heteroatoms. The molecule has 0 saturated heterocycles. The molecule has 0 aliphatic rings. The predicted molar refractivity (Wildman–Crippen MR) is 165 cm³/mol. The molecule has 4 aromatic carbocycles. The van der Waals surface area contributed by atoms with Gasteiger partial charge in [0.25, 0.3) is 10.1 Å². The van der Waals surface area contributed by atoms with E-state index in [1.807, 2.05) is 0 Å². The van der Waals surface area contributed by atoms with E-state index in [0.717, 1.165) is 10.4 Å². The number of hydrogen-bond acceptors (Lipinski definition) is 13. The molecule has 0 aliphatic heterocycles. The minimum atomic E-state index is -4.82. The smallest absolute Gasteiger partial charge is 0.296 e. The number of aryl methyl sites for hydroxylation is 1. The van der Waals surface area contributed by atoms with Gasteiger partial charge in [-0.05, 0) is 60.3 Å². The van der Waals surface area contributed by atoms with E-state index in [1.165, 1.54) is 55.6 Å². The topological polar surface area (TPSA) is 237 Å². The molecule has 238 valence electrons. The highest BCUT2D eigenvalue weighted by Gasteiger charge is 2.24. The molecule has 0 amide bonds. The highest BCUT2D eigenvalue weighted by atomic mass is 32.2. The maximum absolute atomic E-state index is 12.8. The number of hydrogen-bond donors (Lipinski definition) is 5. The van der Waals surface area contributed by atoms with Gasteiger partial charge in [-0.25, -0.2) is 8.42 Å². The number of aliphatic hydroxyl groups excluding tert-OH is 2. The van der Waals surface area contributed by atoms with E-state index in [2.05, 4.69) is 20.5 Å². The number of benzene rings is 4. The van der Waals surface area contributed by atoms with Crippen molar-refractivity contribution in [2.24, 2.45) is 20.5 Å². The molecule has 0 aliphatic carbocycles. The average Bonchev–Trinajstić information content (AvgIpc) is 2.99. The van der Waals surface area contributed by atoms with E-state index in [9.17, 15) is 26.5 Å². The van der Waals surface area contributed by atoms with Crippen molar-refractivity contribution in [2.75, 3.05) is 39.1 Å². The molecule has 4 aromatic rings. The van der Waals surface area contributed by atoms with Gasteiger partial charge in [-0.1, -0.05) is 12.1 Å². The van der Waals surface area contributed by atoms with Crippen LogP contribution in [0.15, 0.2) is 90.9 Å². The lowest BCUT2D eigenvalue weighted by Gasteiger charge is -2.20. The molecule has 0 spiro atoms. The van der Waals surface area contributed by atoms with Crippen LogP contribution in [-0.4, -0.2) is 74.4 Å². The first kappa shape index (κ1) is 33.4. The number of nitrogens with zero attached hydrogens (tertiary/aromatic N) is 5. The summed E-state index contributed by atoms with van der Waals surface area (Å²) in [6, 6.07) is 14.3. The molecular formula is C28H30N6O9S2. The summed E-state index contributed by atoms with van der Waals surface area (Å²) < 4.78 is 66.0. The fourth-order valence-electron chi connectivity index (χ4n) is 4.36. The highest BCUT2D eigenvalue weighted by Crippen LogP contribution is 2.44. The zero-order valence-corrected chi connectivity index (χ0v) is 25.7. The molecule has 0 saturated carbocycles. The van der Waals surface area contributed by atoms with Gasteiger partial charge in [-0.2, -0.15) is 23.0 Å². The number of aliphatic hydroxyl groups is 2. The number of fused-ring (bicyclic) bond motifs is 1. The average molecular weight is 659 g/mol. The first-order valence-corrected chi connectivity index (χ1v) is 16.1. The molecule has 0 atom stereocenters. The number of rotatable bonds is 12. The normalized spacial score (nSPS) is 12.6. The summed E-state index contributed by atoms with van der Waals surface area (Å²) in [6.45, 7) is 0.557. The second-order valence-electron chi connectivity index (χ2n) is 9.55. The fraction of sp³-hybridized carbons (Fsp3) is 0.214. The Morgan fingerprint density at radius 3 is 2.11 bits per heavy atom. The summed E-state index contributed by atoms with van der Waals surface area (Å²) in [5.74, 6) is -0.419. The Balaban J connectivity index is 1.65. The Hall–Kier alpha value is -4.52. The summed E-state index contributed by atoms with van der Waals surface area (Å²) in [5.41, 5.74) is 7.00. The van der Waals surface area contributed by atoms with Crippen molar-refractivity contribution in [1.82, 2.24) is 4.31 Å². The van der Waals surface area contributed by atoms with Crippen molar-refractivity contribution in [3.8, 4) is 11.5 Å². The lowest BCUT2D eigenvalue weighted by atomic mass is 10.1. The van der Waals surface area contributed by atoms with Gasteiger partial charge in [0.2, 0.25) is 10.0 Å². The van der Waals surface area contributed by atoms with Crippen LogP contribution in [0.4, 0.5) is 28.4 Å². The first-order valence-electron chi connectivity index (χ1n) is 13.2. The molecule has 0 unspecified atom stereocenters.